The number of rotatable bonds is 2. The highest BCUT2D eigenvalue weighted by Crippen LogP contribution is 2.23. The SMILES string of the molecule is Nc1cc(S(=O)(=O)c2ccccc2)ccc1F. The van der Waals surface area contributed by atoms with Crippen molar-refractivity contribution in [2.24, 2.45) is 0 Å². The van der Waals surface area contributed by atoms with Gasteiger partial charge in [-0.05, 0) is 30.3 Å². The van der Waals surface area contributed by atoms with Gasteiger partial charge in [0.05, 0.1) is 15.5 Å². The van der Waals surface area contributed by atoms with Crippen molar-refractivity contribution >= 4 is 15.5 Å². The molecule has 3 nitrogen and oxygen atoms in total. The molecule has 88 valence electrons. The molecular weight excluding hydrogens is 241 g/mol. The molecule has 2 aromatic carbocycles. The van der Waals surface area contributed by atoms with Crippen LogP contribution in [0.4, 0.5) is 10.1 Å². The van der Waals surface area contributed by atoms with Crippen LogP contribution in [-0.4, -0.2) is 8.42 Å². The quantitative estimate of drug-likeness (QED) is 0.657. The molecule has 2 N–H and O–H groups in total. The first-order valence-corrected chi connectivity index (χ1v) is 6.35. The average molecular weight is 251 g/mol. The Kier molecular flexibility index (Phi) is 2.85. The summed E-state index contributed by atoms with van der Waals surface area (Å²) in [5, 5.41) is 0. The van der Waals surface area contributed by atoms with Crippen molar-refractivity contribution in [3.63, 3.8) is 0 Å². The molecule has 17 heavy (non-hydrogen) atoms. The molecule has 0 spiro atoms. The monoisotopic (exact) mass is 251 g/mol. The lowest BCUT2D eigenvalue weighted by molar-refractivity contribution is 0.595. The van der Waals surface area contributed by atoms with Crippen molar-refractivity contribution in [1.29, 1.82) is 0 Å². The van der Waals surface area contributed by atoms with Gasteiger partial charge in [-0.3, -0.25) is 0 Å². The topological polar surface area (TPSA) is 60.2 Å². The molecule has 0 aromatic heterocycles. The molecular formula is C12H10FNO2S. The van der Waals surface area contributed by atoms with Gasteiger partial charge in [0.1, 0.15) is 5.82 Å². The molecule has 2 aromatic rings. The minimum Gasteiger partial charge on any atom is -0.396 e. The van der Waals surface area contributed by atoms with Crippen LogP contribution in [0, 0.1) is 5.82 Å². The summed E-state index contributed by atoms with van der Waals surface area (Å²) in [6.07, 6.45) is 0. The molecule has 0 aliphatic rings. The van der Waals surface area contributed by atoms with Crippen molar-refractivity contribution < 1.29 is 12.8 Å². The van der Waals surface area contributed by atoms with Gasteiger partial charge >= 0.3 is 0 Å². The summed E-state index contributed by atoms with van der Waals surface area (Å²) in [7, 11) is -3.62. The van der Waals surface area contributed by atoms with Gasteiger partial charge in [-0.15, -0.1) is 0 Å². The van der Waals surface area contributed by atoms with Crippen LogP contribution in [0.2, 0.25) is 0 Å². The molecule has 2 rings (SSSR count). The largest absolute Gasteiger partial charge is 0.396 e. The van der Waals surface area contributed by atoms with Gasteiger partial charge in [-0.2, -0.15) is 0 Å². The van der Waals surface area contributed by atoms with Crippen LogP contribution in [0.1, 0.15) is 0 Å². The van der Waals surface area contributed by atoms with E-state index in [1.165, 1.54) is 18.2 Å². The number of benzene rings is 2. The highest BCUT2D eigenvalue weighted by Gasteiger charge is 2.17. The second-order valence-electron chi connectivity index (χ2n) is 3.50. The minimum atomic E-state index is -3.62. The molecule has 0 unspecified atom stereocenters. The molecule has 0 amide bonds. The van der Waals surface area contributed by atoms with Gasteiger partial charge in [0, 0.05) is 0 Å². The third kappa shape index (κ3) is 2.14. The summed E-state index contributed by atoms with van der Waals surface area (Å²) >= 11 is 0. The van der Waals surface area contributed by atoms with Gasteiger partial charge in [-0.1, -0.05) is 18.2 Å². The van der Waals surface area contributed by atoms with Crippen molar-refractivity contribution in [3.05, 3.63) is 54.3 Å². The van der Waals surface area contributed by atoms with Crippen LogP contribution in [0.25, 0.3) is 0 Å². The first-order chi connectivity index (χ1) is 8.01. The Morgan fingerprint density at radius 2 is 1.59 bits per heavy atom. The van der Waals surface area contributed by atoms with Crippen LogP contribution >= 0.6 is 0 Å². The molecule has 0 atom stereocenters. The van der Waals surface area contributed by atoms with E-state index in [4.69, 9.17) is 5.73 Å². The second-order valence-corrected chi connectivity index (χ2v) is 5.45. The molecule has 0 saturated heterocycles. The highest BCUT2D eigenvalue weighted by atomic mass is 32.2. The van der Waals surface area contributed by atoms with E-state index in [1.54, 1.807) is 18.2 Å². The van der Waals surface area contributed by atoms with E-state index < -0.39 is 15.7 Å². The average Bonchev–Trinajstić information content (AvgIpc) is 2.33. The van der Waals surface area contributed by atoms with Crippen molar-refractivity contribution in [3.8, 4) is 0 Å². The van der Waals surface area contributed by atoms with Crippen molar-refractivity contribution in [2.45, 2.75) is 9.79 Å². The van der Waals surface area contributed by atoms with E-state index >= 15 is 0 Å². The lowest BCUT2D eigenvalue weighted by Gasteiger charge is -2.05. The molecule has 0 saturated carbocycles. The molecule has 0 bridgehead atoms. The molecule has 0 aliphatic heterocycles. The summed E-state index contributed by atoms with van der Waals surface area (Å²) in [6.45, 7) is 0. The summed E-state index contributed by atoms with van der Waals surface area (Å²) in [5.41, 5.74) is 5.18. The zero-order valence-electron chi connectivity index (χ0n) is 8.80. The maximum Gasteiger partial charge on any atom is 0.206 e. The van der Waals surface area contributed by atoms with Crippen molar-refractivity contribution in [2.75, 3.05) is 5.73 Å². The molecule has 0 radical (unpaired) electrons. The Labute approximate surface area is 98.6 Å². The standard InChI is InChI=1S/C12H10FNO2S/c13-11-7-6-10(8-12(11)14)17(15,16)9-4-2-1-3-5-9/h1-8H,14H2. The van der Waals surface area contributed by atoms with Crippen LogP contribution < -0.4 is 5.73 Å². The smallest absolute Gasteiger partial charge is 0.206 e. The van der Waals surface area contributed by atoms with Gasteiger partial charge < -0.3 is 5.73 Å². The number of sulfone groups is 1. The Balaban J connectivity index is 2.57. The van der Waals surface area contributed by atoms with Gasteiger partial charge in [-0.25, -0.2) is 12.8 Å². The summed E-state index contributed by atoms with van der Waals surface area (Å²) in [6, 6.07) is 11.3. The maximum absolute atomic E-state index is 13.0. The highest BCUT2D eigenvalue weighted by molar-refractivity contribution is 7.91. The van der Waals surface area contributed by atoms with Crippen LogP contribution in [0.5, 0.6) is 0 Å². The lowest BCUT2D eigenvalue weighted by Crippen LogP contribution is -2.03. The fourth-order valence-electron chi connectivity index (χ4n) is 1.42. The van der Waals surface area contributed by atoms with Crippen LogP contribution in [0.15, 0.2) is 58.3 Å². The van der Waals surface area contributed by atoms with E-state index in [0.717, 1.165) is 12.1 Å². The third-order valence-electron chi connectivity index (χ3n) is 2.33. The number of hydrogen-bond donors (Lipinski definition) is 1. The number of halogens is 1. The molecule has 0 fully saturated rings. The Morgan fingerprint density at radius 3 is 2.18 bits per heavy atom. The van der Waals surface area contributed by atoms with E-state index in [2.05, 4.69) is 0 Å². The molecule has 0 heterocycles. The van der Waals surface area contributed by atoms with Crippen molar-refractivity contribution in [1.82, 2.24) is 0 Å². The predicted octanol–water partition coefficient (Wildman–Crippen LogP) is 2.24. The first-order valence-electron chi connectivity index (χ1n) is 4.87. The Morgan fingerprint density at radius 1 is 0.941 bits per heavy atom. The Bertz CT molecular complexity index is 639. The first kappa shape index (κ1) is 11.6. The zero-order chi connectivity index (χ0) is 12.5. The summed E-state index contributed by atoms with van der Waals surface area (Å²) in [5.74, 6) is -0.628. The number of nitrogens with two attached hydrogens (primary N) is 1. The van der Waals surface area contributed by atoms with Crippen LogP contribution in [-0.2, 0) is 9.84 Å². The summed E-state index contributed by atoms with van der Waals surface area (Å²) in [4.78, 5) is 0.147. The fourth-order valence-corrected chi connectivity index (χ4v) is 2.74. The number of nitrogen functional groups attached to an aromatic ring is 1. The second kappa shape index (κ2) is 4.18. The van der Waals surface area contributed by atoms with Gasteiger partial charge in [0.15, 0.2) is 0 Å². The fraction of sp³-hybridized carbons (Fsp3) is 0. The summed E-state index contributed by atoms with van der Waals surface area (Å²) < 4.78 is 37.2. The lowest BCUT2D eigenvalue weighted by atomic mass is 10.3. The maximum atomic E-state index is 13.0. The van der Waals surface area contributed by atoms with E-state index in [9.17, 15) is 12.8 Å². The van der Waals surface area contributed by atoms with E-state index in [-0.39, 0.29) is 15.5 Å². The molecule has 0 aliphatic carbocycles. The zero-order valence-corrected chi connectivity index (χ0v) is 9.62. The van der Waals surface area contributed by atoms with E-state index in [1.807, 2.05) is 0 Å². The van der Waals surface area contributed by atoms with Gasteiger partial charge in [0.2, 0.25) is 9.84 Å². The van der Waals surface area contributed by atoms with Crippen LogP contribution in [0.3, 0.4) is 0 Å². The van der Waals surface area contributed by atoms with Gasteiger partial charge in [0.25, 0.3) is 0 Å². The Hall–Kier alpha value is -1.88. The third-order valence-corrected chi connectivity index (χ3v) is 4.10. The number of anilines is 1. The normalized spacial score (nSPS) is 11.4. The number of hydrogen-bond acceptors (Lipinski definition) is 3. The molecule has 5 heteroatoms. The predicted molar refractivity (Wildman–Crippen MR) is 62.7 cm³/mol. The van der Waals surface area contributed by atoms with E-state index in [0.29, 0.717) is 0 Å². The minimum absolute atomic E-state index is 0.0115.